The van der Waals surface area contributed by atoms with Gasteiger partial charge in [-0.1, -0.05) is 30.3 Å². The number of alkyl halides is 2. The van der Waals surface area contributed by atoms with Crippen LogP contribution < -0.4 is 5.32 Å². The van der Waals surface area contributed by atoms with Crippen LogP contribution in [0.3, 0.4) is 0 Å². The highest BCUT2D eigenvalue weighted by molar-refractivity contribution is 5.49. The largest absolute Gasteiger partial charge is 0.352 e. The lowest BCUT2D eigenvalue weighted by Crippen LogP contribution is -2.32. The summed E-state index contributed by atoms with van der Waals surface area (Å²) >= 11 is 0. The van der Waals surface area contributed by atoms with Crippen LogP contribution in [0.5, 0.6) is 0 Å². The SMILES string of the molecule is O=[C]NC(F)(F)c1ccccc1. The van der Waals surface area contributed by atoms with Crippen molar-refractivity contribution >= 4 is 6.41 Å². The van der Waals surface area contributed by atoms with Crippen LogP contribution in [0.4, 0.5) is 8.78 Å². The summed E-state index contributed by atoms with van der Waals surface area (Å²) in [5.74, 6) is 0. The van der Waals surface area contributed by atoms with Crippen molar-refractivity contribution in [2.24, 2.45) is 0 Å². The molecule has 1 amide bonds. The first-order valence-electron chi connectivity index (χ1n) is 3.24. The van der Waals surface area contributed by atoms with Gasteiger partial charge in [0.1, 0.15) is 0 Å². The predicted molar refractivity (Wildman–Crippen MR) is 39.2 cm³/mol. The number of nitrogens with one attached hydrogen (secondary N) is 1. The fraction of sp³-hybridized carbons (Fsp3) is 0.125. The zero-order valence-electron chi connectivity index (χ0n) is 6.05. The molecule has 0 heterocycles. The summed E-state index contributed by atoms with van der Waals surface area (Å²) in [7, 11) is 0. The van der Waals surface area contributed by atoms with Gasteiger partial charge in [0.2, 0.25) is 0 Å². The molecule has 4 heteroatoms. The van der Waals surface area contributed by atoms with Crippen LogP contribution in [0.1, 0.15) is 5.56 Å². The minimum absolute atomic E-state index is 0.256. The van der Waals surface area contributed by atoms with E-state index in [0.717, 1.165) is 6.41 Å². The maximum atomic E-state index is 12.8. The average molecular weight is 170 g/mol. The minimum Gasteiger partial charge on any atom is -0.285 e. The van der Waals surface area contributed by atoms with Crippen LogP contribution in [-0.4, -0.2) is 6.41 Å². The molecule has 0 saturated carbocycles. The number of hydrogen-bond donors (Lipinski definition) is 1. The van der Waals surface area contributed by atoms with Crippen molar-refractivity contribution in [3.05, 3.63) is 35.9 Å². The number of halogens is 2. The second-order valence-corrected chi connectivity index (χ2v) is 2.17. The molecule has 0 unspecified atom stereocenters. The van der Waals surface area contributed by atoms with E-state index in [4.69, 9.17) is 0 Å². The van der Waals surface area contributed by atoms with E-state index in [1.165, 1.54) is 29.6 Å². The van der Waals surface area contributed by atoms with Gasteiger partial charge in [-0.3, -0.25) is 10.1 Å². The maximum absolute atomic E-state index is 12.8. The Morgan fingerprint density at radius 2 is 1.83 bits per heavy atom. The zero-order valence-corrected chi connectivity index (χ0v) is 6.05. The summed E-state index contributed by atoms with van der Waals surface area (Å²) in [4.78, 5) is 9.68. The summed E-state index contributed by atoms with van der Waals surface area (Å²) in [6.07, 6.45) is 0.956. The quantitative estimate of drug-likeness (QED) is 0.539. The lowest BCUT2D eigenvalue weighted by molar-refractivity contribution is -0.0214. The fourth-order valence-electron chi connectivity index (χ4n) is 0.784. The van der Waals surface area contributed by atoms with Gasteiger partial charge in [-0.05, 0) is 0 Å². The Morgan fingerprint density at radius 1 is 1.25 bits per heavy atom. The lowest BCUT2D eigenvalue weighted by Gasteiger charge is -2.13. The summed E-state index contributed by atoms with van der Waals surface area (Å²) < 4.78 is 25.6. The van der Waals surface area contributed by atoms with E-state index in [0.29, 0.717) is 0 Å². The highest BCUT2D eigenvalue weighted by Crippen LogP contribution is 2.22. The Bertz CT molecular complexity index is 261. The third-order valence-electron chi connectivity index (χ3n) is 1.34. The Hall–Kier alpha value is -1.45. The summed E-state index contributed by atoms with van der Waals surface area (Å²) in [6.45, 7) is 0. The van der Waals surface area contributed by atoms with E-state index < -0.39 is 6.05 Å². The molecule has 0 aliphatic heterocycles. The second kappa shape index (κ2) is 3.30. The molecule has 0 bridgehead atoms. The van der Waals surface area contributed by atoms with Crippen LogP contribution in [-0.2, 0) is 10.8 Å². The maximum Gasteiger partial charge on any atom is 0.352 e. The molecule has 1 aromatic rings. The first-order chi connectivity index (χ1) is 5.67. The van der Waals surface area contributed by atoms with E-state index in [-0.39, 0.29) is 5.56 Å². The monoisotopic (exact) mass is 170 g/mol. The zero-order chi connectivity index (χ0) is 9.03. The van der Waals surface area contributed by atoms with Crippen LogP contribution >= 0.6 is 0 Å². The standard InChI is InChI=1S/C8H6F2NO/c9-8(10,11-6-12)7-4-2-1-3-5-7/h1-5H,(H,11,12). The van der Waals surface area contributed by atoms with Crippen molar-refractivity contribution < 1.29 is 13.6 Å². The number of carbonyl (C=O) groups excluding carboxylic acids is 1. The van der Waals surface area contributed by atoms with Crippen LogP contribution in [0.2, 0.25) is 0 Å². The van der Waals surface area contributed by atoms with Crippen LogP contribution in [0, 0.1) is 0 Å². The molecular formula is C8H6F2NO. The van der Waals surface area contributed by atoms with Crippen molar-refractivity contribution in [2.75, 3.05) is 0 Å². The smallest absolute Gasteiger partial charge is 0.285 e. The molecule has 2 nitrogen and oxygen atoms in total. The number of rotatable bonds is 3. The Balaban J connectivity index is 2.89. The number of amides is 1. The van der Waals surface area contributed by atoms with E-state index >= 15 is 0 Å². The molecule has 63 valence electrons. The Kier molecular flexibility index (Phi) is 2.38. The van der Waals surface area contributed by atoms with Crippen molar-refractivity contribution in [1.82, 2.24) is 5.32 Å². The number of hydrogen-bond acceptors (Lipinski definition) is 1. The van der Waals surface area contributed by atoms with Gasteiger partial charge >= 0.3 is 12.5 Å². The molecule has 0 saturated heterocycles. The van der Waals surface area contributed by atoms with Gasteiger partial charge < -0.3 is 0 Å². The molecule has 0 fully saturated rings. The third-order valence-corrected chi connectivity index (χ3v) is 1.34. The molecule has 0 aliphatic rings. The van der Waals surface area contributed by atoms with Crippen molar-refractivity contribution in [1.29, 1.82) is 0 Å². The minimum atomic E-state index is -3.33. The molecule has 0 spiro atoms. The van der Waals surface area contributed by atoms with Crippen molar-refractivity contribution in [2.45, 2.75) is 6.05 Å². The van der Waals surface area contributed by atoms with Crippen LogP contribution in [0.25, 0.3) is 0 Å². The Morgan fingerprint density at radius 3 is 2.33 bits per heavy atom. The normalized spacial score (nSPS) is 10.8. The summed E-state index contributed by atoms with van der Waals surface area (Å²) in [5.41, 5.74) is -0.256. The van der Waals surface area contributed by atoms with Crippen molar-refractivity contribution in [3.8, 4) is 0 Å². The molecule has 1 radical (unpaired) electrons. The summed E-state index contributed by atoms with van der Waals surface area (Å²) in [5, 5.41) is 1.30. The first kappa shape index (κ1) is 8.64. The second-order valence-electron chi connectivity index (χ2n) is 2.17. The molecule has 1 aromatic carbocycles. The van der Waals surface area contributed by atoms with E-state index in [1.807, 2.05) is 0 Å². The predicted octanol–water partition coefficient (Wildman–Crippen LogP) is 1.39. The Labute approximate surface area is 68.2 Å². The van der Waals surface area contributed by atoms with Crippen molar-refractivity contribution in [3.63, 3.8) is 0 Å². The van der Waals surface area contributed by atoms with Gasteiger partial charge in [0.25, 0.3) is 0 Å². The first-order valence-corrected chi connectivity index (χ1v) is 3.24. The van der Waals surface area contributed by atoms with Crippen LogP contribution in [0.15, 0.2) is 30.3 Å². The highest BCUT2D eigenvalue weighted by atomic mass is 19.3. The molecule has 1 N–H and O–H groups in total. The number of benzene rings is 1. The van der Waals surface area contributed by atoms with Gasteiger partial charge in [-0.2, -0.15) is 8.78 Å². The fourth-order valence-corrected chi connectivity index (χ4v) is 0.784. The topological polar surface area (TPSA) is 29.1 Å². The third kappa shape index (κ3) is 1.78. The molecule has 1 rings (SSSR count). The average Bonchev–Trinajstić information content (AvgIpc) is 2.06. The molecule has 0 aromatic heterocycles. The van der Waals surface area contributed by atoms with E-state index in [1.54, 1.807) is 6.07 Å². The molecule has 12 heavy (non-hydrogen) atoms. The van der Waals surface area contributed by atoms with Gasteiger partial charge in [0.05, 0.1) is 0 Å². The summed E-state index contributed by atoms with van der Waals surface area (Å²) in [6, 6.07) is 3.67. The van der Waals surface area contributed by atoms with Gasteiger partial charge in [0, 0.05) is 5.56 Å². The lowest BCUT2D eigenvalue weighted by atomic mass is 10.2. The van der Waals surface area contributed by atoms with E-state index in [2.05, 4.69) is 0 Å². The van der Waals surface area contributed by atoms with Gasteiger partial charge in [0.15, 0.2) is 0 Å². The van der Waals surface area contributed by atoms with Gasteiger partial charge in [-0.15, -0.1) is 0 Å². The highest BCUT2D eigenvalue weighted by Gasteiger charge is 2.30. The van der Waals surface area contributed by atoms with E-state index in [9.17, 15) is 13.6 Å². The molecular weight excluding hydrogens is 164 g/mol. The van der Waals surface area contributed by atoms with Gasteiger partial charge in [-0.25, -0.2) is 0 Å². The molecule has 0 atom stereocenters. The molecule has 0 aliphatic carbocycles.